The number of nitrogens with one attached hydrogen (secondary N) is 1. The van der Waals surface area contributed by atoms with Crippen LogP contribution in [-0.2, 0) is 56.6 Å². The van der Waals surface area contributed by atoms with Gasteiger partial charge in [-0.15, -0.1) is 5.92 Å². The Balaban J connectivity index is 0.000000469. The summed E-state index contributed by atoms with van der Waals surface area (Å²) in [5.41, 5.74) is 0.160. The number of nitrogens with zero attached hydrogens (tertiary/aromatic N) is 3. The molecule has 295 valence electrons. The molecule has 3 heterocycles. The fraction of sp³-hybridized carbons (Fsp3) is 0.167. The first kappa shape index (κ1) is 47.4. The number of imide groups is 2. The van der Waals surface area contributed by atoms with Gasteiger partial charge in [0, 0.05) is 80.3 Å². The van der Waals surface area contributed by atoms with Crippen LogP contribution in [0.5, 0.6) is 0 Å². The van der Waals surface area contributed by atoms with Crippen LogP contribution in [0.1, 0.15) is 45.0 Å². The van der Waals surface area contributed by atoms with Crippen molar-refractivity contribution in [3.8, 4) is 88.8 Å². The van der Waals surface area contributed by atoms with Gasteiger partial charge in [-0.2, -0.15) is 0 Å². The number of carbonyl (C=O) groups excluding carboxylic acids is 5. The summed E-state index contributed by atoms with van der Waals surface area (Å²) in [6.07, 6.45) is 8.65. The minimum Gasteiger partial charge on any atom is -0.488 e. The number of benzene rings is 2. The topological polar surface area (TPSA) is 147 Å². The predicted octanol–water partition coefficient (Wildman–Crippen LogP) is 4.12. The van der Waals surface area contributed by atoms with Gasteiger partial charge < -0.3 is 25.8 Å². The van der Waals surface area contributed by atoms with Gasteiger partial charge >= 0.3 is 11.5 Å². The fourth-order valence-corrected chi connectivity index (χ4v) is 5.39. The molecule has 2 aliphatic rings. The molecule has 2 aliphatic heterocycles. The molecule has 1 aromatic heterocycles. The molecule has 1 radical (unpaired) electrons. The Labute approximate surface area is 378 Å². The van der Waals surface area contributed by atoms with Crippen molar-refractivity contribution in [2.75, 3.05) is 39.7 Å². The number of rotatable bonds is 9. The molecule has 0 saturated carbocycles. The van der Waals surface area contributed by atoms with Gasteiger partial charge in [0.1, 0.15) is 11.1 Å². The first-order chi connectivity index (χ1) is 29.0. The normalized spacial score (nSPS) is 11.5. The van der Waals surface area contributed by atoms with Gasteiger partial charge in [0.2, 0.25) is 0 Å². The maximum absolute atomic E-state index is 13.3. The van der Waals surface area contributed by atoms with Crippen LogP contribution in [0.15, 0.2) is 75.2 Å². The summed E-state index contributed by atoms with van der Waals surface area (Å²) in [6.45, 7) is 10.5. The van der Waals surface area contributed by atoms with Crippen molar-refractivity contribution in [3.63, 3.8) is 0 Å². The molecule has 0 fully saturated rings. The number of ether oxygens (including phenoxy) is 1. The van der Waals surface area contributed by atoms with Crippen molar-refractivity contribution in [2.24, 2.45) is 0 Å². The Kier molecular flexibility index (Phi) is 18.2. The molecule has 61 heavy (non-hydrogen) atoms. The zero-order chi connectivity index (χ0) is 43.6. The standard InChI is InChI=1S/C31H28N4O8.C17H3.Y/c1-5-33(6-2)20-9-8-18-11-23(31(41)43-24(18)15-20)28(38)32-19-12-21(34-26(36)10-17(4)29(34)39)14-22(13-19)35-27(37)16-25(30(35)40)42-7-3;1-3-5-7-9-11-13-15-17-16-14-12-10-8-6-4-2;/h8-16H,5-7H2,1-4H3,(H,32,38);1H3;/q;-1;. The molecule has 1 N–H and O–H groups in total. The van der Waals surface area contributed by atoms with E-state index in [0.29, 0.717) is 11.0 Å². The number of hydrogen-bond donors (Lipinski definition) is 1. The second-order valence-corrected chi connectivity index (χ2v) is 11.8. The van der Waals surface area contributed by atoms with Crippen LogP contribution in [0.2, 0.25) is 0 Å². The van der Waals surface area contributed by atoms with Gasteiger partial charge in [0.15, 0.2) is 5.76 Å². The Bertz CT molecular complexity index is 2960. The van der Waals surface area contributed by atoms with Gasteiger partial charge in [-0.25, -0.2) is 20.5 Å². The van der Waals surface area contributed by atoms with E-state index in [2.05, 4.69) is 93.1 Å². The SMILES string of the molecule is CCOC1=CC(=O)N(c2cc(NC(=O)c3cc4ccc(N(CC)CC)cc4oc3=O)cc(N3C(=O)C=C(C)C3=O)c2)C1=O.[C-]#CC#CC#CC#CC#CC#CC#CC#CC.[Y]. The molecule has 3 aromatic rings. The van der Waals surface area contributed by atoms with E-state index in [1.807, 2.05) is 25.8 Å². The molecule has 5 amide bonds. The van der Waals surface area contributed by atoms with Crippen molar-refractivity contribution in [2.45, 2.75) is 34.6 Å². The monoisotopic (exact) mass is 880 g/mol. The van der Waals surface area contributed by atoms with Crippen molar-refractivity contribution in [1.29, 1.82) is 0 Å². The summed E-state index contributed by atoms with van der Waals surface area (Å²) < 4.78 is 10.7. The van der Waals surface area contributed by atoms with Crippen LogP contribution in [0.4, 0.5) is 22.7 Å². The Morgan fingerprint density at radius 3 is 1.79 bits per heavy atom. The number of anilines is 4. The Hall–Kier alpha value is -7.94. The number of hydrogen-bond acceptors (Lipinski definition) is 9. The smallest absolute Gasteiger partial charge is 0.349 e. The molecule has 0 saturated heterocycles. The number of carbonyl (C=O) groups is 5. The van der Waals surface area contributed by atoms with E-state index in [-0.39, 0.29) is 73.3 Å². The van der Waals surface area contributed by atoms with Crippen LogP contribution in [-0.4, -0.2) is 49.2 Å². The molecular weight excluding hydrogens is 849 g/mol. The summed E-state index contributed by atoms with van der Waals surface area (Å²) in [6, 6.07) is 10.7. The maximum Gasteiger partial charge on any atom is 0.349 e. The molecule has 0 bridgehead atoms. The van der Waals surface area contributed by atoms with Gasteiger partial charge in [-0.3, -0.25) is 29.9 Å². The largest absolute Gasteiger partial charge is 0.488 e. The predicted molar refractivity (Wildman–Crippen MR) is 226 cm³/mol. The molecule has 12 nitrogen and oxygen atoms in total. The summed E-state index contributed by atoms with van der Waals surface area (Å²) in [5, 5.41) is 3.10. The van der Waals surface area contributed by atoms with Crippen LogP contribution in [0.3, 0.4) is 0 Å². The summed E-state index contributed by atoms with van der Waals surface area (Å²) in [7, 11) is 0. The van der Waals surface area contributed by atoms with Crippen LogP contribution in [0.25, 0.3) is 11.0 Å². The van der Waals surface area contributed by atoms with Crippen molar-refractivity contribution >= 4 is 63.3 Å². The third-order valence-corrected chi connectivity index (χ3v) is 8.00. The Morgan fingerprint density at radius 1 is 0.738 bits per heavy atom. The molecule has 2 aromatic carbocycles. The average molecular weight is 881 g/mol. The molecular formula is C48H31N4O8Y-. The molecule has 5 rings (SSSR count). The molecule has 13 heteroatoms. The first-order valence-electron chi connectivity index (χ1n) is 17.9. The summed E-state index contributed by atoms with van der Waals surface area (Å²) in [5.74, 6) is 32.6. The minimum atomic E-state index is -0.877. The molecule has 0 atom stereocenters. The van der Waals surface area contributed by atoms with Crippen LogP contribution >= 0.6 is 0 Å². The third kappa shape index (κ3) is 12.5. The van der Waals surface area contributed by atoms with Crippen molar-refractivity contribution in [1.82, 2.24) is 0 Å². The van der Waals surface area contributed by atoms with E-state index >= 15 is 0 Å². The molecule has 0 unspecified atom stereocenters. The molecule has 0 spiro atoms. The average Bonchev–Trinajstić information content (AvgIpc) is 3.66. The zero-order valence-corrected chi connectivity index (χ0v) is 36.3. The van der Waals surface area contributed by atoms with Crippen LogP contribution in [0, 0.1) is 95.2 Å². The third-order valence-electron chi connectivity index (χ3n) is 8.00. The second kappa shape index (κ2) is 23.5. The molecule has 0 aliphatic carbocycles. The van der Waals surface area contributed by atoms with Gasteiger partial charge in [0.25, 0.3) is 23.6 Å². The van der Waals surface area contributed by atoms with Gasteiger partial charge in [0.05, 0.1) is 24.1 Å². The fourth-order valence-electron chi connectivity index (χ4n) is 5.39. The zero-order valence-electron chi connectivity index (χ0n) is 33.5. The quantitative estimate of drug-likeness (QED) is 0.145. The van der Waals surface area contributed by atoms with E-state index in [1.54, 1.807) is 26.0 Å². The van der Waals surface area contributed by atoms with E-state index < -0.39 is 35.2 Å². The van der Waals surface area contributed by atoms with E-state index in [0.717, 1.165) is 40.7 Å². The van der Waals surface area contributed by atoms with Crippen molar-refractivity contribution in [3.05, 3.63) is 88.4 Å². The number of amides is 5. The van der Waals surface area contributed by atoms with Crippen LogP contribution < -0.4 is 25.6 Å². The first-order valence-corrected chi connectivity index (χ1v) is 17.9. The maximum atomic E-state index is 13.3. The Morgan fingerprint density at radius 2 is 1.28 bits per heavy atom. The van der Waals surface area contributed by atoms with Gasteiger partial charge in [-0.05, 0) is 136 Å². The van der Waals surface area contributed by atoms with Crippen molar-refractivity contribution < 1.29 is 65.8 Å². The van der Waals surface area contributed by atoms with E-state index in [4.69, 9.17) is 15.6 Å². The van der Waals surface area contributed by atoms with E-state index in [9.17, 15) is 28.8 Å². The minimum absolute atomic E-state index is 0. The number of fused-ring (bicyclic) bond motifs is 1. The summed E-state index contributed by atoms with van der Waals surface area (Å²) in [4.78, 5) is 81.1. The van der Waals surface area contributed by atoms with E-state index in [1.165, 1.54) is 31.2 Å². The summed E-state index contributed by atoms with van der Waals surface area (Å²) >= 11 is 0. The van der Waals surface area contributed by atoms with Gasteiger partial charge in [-0.1, -0.05) is 5.92 Å². The second-order valence-electron chi connectivity index (χ2n) is 11.8.